The minimum atomic E-state index is -0.864. The van der Waals surface area contributed by atoms with Crippen molar-refractivity contribution >= 4 is 39.1 Å². The highest BCUT2D eigenvalue weighted by Crippen LogP contribution is 2.37. The average molecular weight is 434 g/mol. The van der Waals surface area contributed by atoms with Crippen LogP contribution in [0.2, 0.25) is 0 Å². The Morgan fingerprint density at radius 1 is 1.10 bits per heavy atom. The van der Waals surface area contributed by atoms with Crippen molar-refractivity contribution in [2.75, 3.05) is 12.0 Å². The van der Waals surface area contributed by atoms with Crippen LogP contribution in [-0.2, 0) is 9.59 Å². The highest BCUT2D eigenvalue weighted by atomic mass is 32.1. The summed E-state index contributed by atoms with van der Waals surface area (Å²) in [7, 11) is 1.48. The second kappa shape index (κ2) is 7.21. The number of ether oxygens (including phenoxy) is 1. The zero-order valence-electron chi connectivity index (χ0n) is 16.8. The summed E-state index contributed by atoms with van der Waals surface area (Å²) in [6, 6.07) is 14.4. The minimum Gasteiger partial charge on any atom is -0.495 e. The van der Waals surface area contributed by atoms with Crippen LogP contribution in [0, 0.1) is 6.92 Å². The molecule has 0 bridgehead atoms. The Hall–Kier alpha value is -3.72. The Labute approximate surface area is 180 Å². The van der Waals surface area contributed by atoms with Crippen LogP contribution in [0.4, 0.5) is 5.69 Å². The van der Waals surface area contributed by atoms with E-state index in [2.05, 4.69) is 10.1 Å². The number of nitrogens with one attached hydrogen (secondary N) is 1. The molecule has 0 aliphatic carbocycles. The molecule has 8 nitrogen and oxygen atoms in total. The summed E-state index contributed by atoms with van der Waals surface area (Å²) in [5, 5.41) is 3.51. The molecule has 0 saturated carbocycles. The molecule has 4 aromatic rings. The standard InChI is InChI=1S/C22H18N4O4S/c1-12-19(21(29)26(24-12)22-23-14-7-3-6-10-17(14)31-22)13-11-18(27)25(20(13)28)15-8-4-5-9-16(15)30-2/h3-10,13,24H,11H2,1-2H3/t13-/m0/s1. The molecule has 1 atom stereocenters. The van der Waals surface area contributed by atoms with Gasteiger partial charge in [-0.25, -0.2) is 9.88 Å². The van der Waals surface area contributed by atoms with Crippen molar-refractivity contribution < 1.29 is 14.3 Å². The number of carbonyl (C=O) groups is 2. The first-order valence-electron chi connectivity index (χ1n) is 9.67. The van der Waals surface area contributed by atoms with Gasteiger partial charge in [-0.05, 0) is 31.2 Å². The first-order chi connectivity index (χ1) is 15.0. The highest BCUT2D eigenvalue weighted by Gasteiger charge is 2.44. The van der Waals surface area contributed by atoms with Crippen molar-refractivity contribution in [3.63, 3.8) is 0 Å². The number of para-hydroxylation sites is 3. The number of H-pyrrole nitrogens is 1. The normalized spacial score (nSPS) is 16.5. The number of aryl methyl sites for hydroxylation is 1. The van der Waals surface area contributed by atoms with Crippen LogP contribution in [-0.4, -0.2) is 33.7 Å². The predicted octanol–water partition coefficient (Wildman–Crippen LogP) is 3.14. The monoisotopic (exact) mass is 434 g/mol. The molecule has 1 aliphatic heterocycles. The van der Waals surface area contributed by atoms with Gasteiger partial charge in [0.25, 0.3) is 5.56 Å². The number of carbonyl (C=O) groups excluding carboxylic acids is 2. The molecule has 2 amide bonds. The van der Waals surface area contributed by atoms with E-state index in [9.17, 15) is 14.4 Å². The van der Waals surface area contributed by atoms with Gasteiger partial charge in [-0.3, -0.25) is 19.5 Å². The fraction of sp³-hybridized carbons (Fsp3) is 0.182. The summed E-state index contributed by atoms with van der Waals surface area (Å²) >= 11 is 1.37. The maximum atomic E-state index is 13.3. The van der Waals surface area contributed by atoms with Gasteiger partial charge in [0.05, 0.1) is 34.5 Å². The molecule has 3 heterocycles. The van der Waals surface area contributed by atoms with Crippen molar-refractivity contribution in [3.05, 3.63) is 70.1 Å². The fourth-order valence-corrected chi connectivity index (χ4v) is 4.91. The first kappa shape index (κ1) is 19.3. The van der Waals surface area contributed by atoms with E-state index in [1.165, 1.54) is 23.1 Å². The van der Waals surface area contributed by atoms with E-state index in [1.807, 2.05) is 24.3 Å². The van der Waals surface area contributed by atoms with Gasteiger partial charge >= 0.3 is 0 Å². The Morgan fingerprint density at radius 2 is 1.84 bits per heavy atom. The smallest absolute Gasteiger partial charge is 0.277 e. The SMILES string of the molecule is COc1ccccc1N1C(=O)C[C@@H](c2c(C)[nH]n(-c3nc4ccccc4s3)c2=O)C1=O. The van der Waals surface area contributed by atoms with Gasteiger partial charge in [-0.1, -0.05) is 35.6 Å². The number of hydrogen-bond donors (Lipinski definition) is 1. The van der Waals surface area contributed by atoms with E-state index >= 15 is 0 Å². The lowest BCUT2D eigenvalue weighted by molar-refractivity contribution is -0.121. The number of benzene rings is 2. The lowest BCUT2D eigenvalue weighted by atomic mass is 9.98. The van der Waals surface area contributed by atoms with Crippen molar-refractivity contribution in [3.8, 4) is 10.9 Å². The molecular formula is C22H18N4O4S. The van der Waals surface area contributed by atoms with Crippen LogP contribution in [0.3, 0.4) is 0 Å². The lowest BCUT2D eigenvalue weighted by Crippen LogP contribution is -2.31. The summed E-state index contributed by atoms with van der Waals surface area (Å²) in [5.41, 5.74) is 1.62. The van der Waals surface area contributed by atoms with E-state index in [-0.39, 0.29) is 23.5 Å². The van der Waals surface area contributed by atoms with E-state index < -0.39 is 11.8 Å². The maximum Gasteiger partial charge on any atom is 0.277 e. The number of methoxy groups -OCH3 is 1. The second-order valence-electron chi connectivity index (χ2n) is 7.25. The second-order valence-corrected chi connectivity index (χ2v) is 8.26. The molecule has 1 aliphatic rings. The molecule has 1 fully saturated rings. The number of aromatic amines is 1. The van der Waals surface area contributed by atoms with Crippen molar-refractivity contribution in [1.82, 2.24) is 14.8 Å². The van der Waals surface area contributed by atoms with Gasteiger partial charge in [0.15, 0.2) is 0 Å². The zero-order valence-corrected chi connectivity index (χ0v) is 17.6. The van der Waals surface area contributed by atoms with E-state index in [4.69, 9.17) is 4.74 Å². The summed E-state index contributed by atoms with van der Waals surface area (Å²) in [6.07, 6.45) is -0.0787. The minimum absolute atomic E-state index is 0.0787. The molecule has 0 unspecified atom stereocenters. The molecule has 2 aromatic carbocycles. The Kier molecular flexibility index (Phi) is 4.48. The molecule has 9 heteroatoms. The third-order valence-corrected chi connectivity index (χ3v) is 6.43. The van der Waals surface area contributed by atoms with Gasteiger partial charge in [0.1, 0.15) is 5.75 Å². The molecule has 2 aromatic heterocycles. The highest BCUT2D eigenvalue weighted by molar-refractivity contribution is 7.20. The van der Waals surface area contributed by atoms with Crippen LogP contribution in [0.25, 0.3) is 15.3 Å². The summed E-state index contributed by atoms with van der Waals surface area (Å²) in [6.45, 7) is 1.73. The fourth-order valence-electron chi connectivity index (χ4n) is 3.99. The molecule has 156 valence electrons. The van der Waals surface area contributed by atoms with Gasteiger partial charge in [0, 0.05) is 12.1 Å². The molecule has 1 N–H and O–H groups in total. The number of anilines is 1. The molecule has 0 radical (unpaired) electrons. The van der Waals surface area contributed by atoms with Gasteiger partial charge in [-0.2, -0.15) is 4.68 Å². The van der Waals surface area contributed by atoms with Gasteiger partial charge in [-0.15, -0.1) is 0 Å². The summed E-state index contributed by atoms with van der Waals surface area (Å²) in [4.78, 5) is 44.9. The van der Waals surface area contributed by atoms with E-state index in [1.54, 1.807) is 31.2 Å². The Balaban J connectivity index is 1.56. The molecule has 0 spiro atoms. The largest absolute Gasteiger partial charge is 0.495 e. The van der Waals surface area contributed by atoms with Crippen molar-refractivity contribution in [2.45, 2.75) is 19.3 Å². The van der Waals surface area contributed by atoms with Crippen LogP contribution >= 0.6 is 11.3 Å². The number of amides is 2. The predicted molar refractivity (Wildman–Crippen MR) is 117 cm³/mol. The van der Waals surface area contributed by atoms with Crippen molar-refractivity contribution in [1.29, 1.82) is 0 Å². The maximum absolute atomic E-state index is 13.3. The van der Waals surface area contributed by atoms with E-state index in [0.29, 0.717) is 22.3 Å². The number of nitrogens with zero attached hydrogens (tertiary/aromatic N) is 3. The third-order valence-electron chi connectivity index (χ3n) is 5.41. The number of rotatable bonds is 4. The van der Waals surface area contributed by atoms with Crippen LogP contribution in [0.5, 0.6) is 5.75 Å². The summed E-state index contributed by atoms with van der Waals surface area (Å²) < 4.78 is 7.61. The topological polar surface area (TPSA) is 97.3 Å². The van der Waals surface area contributed by atoms with Crippen LogP contribution < -0.4 is 15.2 Å². The van der Waals surface area contributed by atoms with Gasteiger partial charge < -0.3 is 4.74 Å². The average Bonchev–Trinajstić information content (AvgIpc) is 3.41. The summed E-state index contributed by atoms with van der Waals surface area (Å²) in [5.74, 6) is -1.25. The number of aromatic nitrogens is 3. The Bertz CT molecular complexity index is 1370. The quantitative estimate of drug-likeness (QED) is 0.498. The molecule has 1 saturated heterocycles. The van der Waals surface area contributed by atoms with Crippen LogP contribution in [0.15, 0.2) is 53.3 Å². The van der Waals surface area contributed by atoms with Crippen LogP contribution in [0.1, 0.15) is 23.6 Å². The molecule has 5 rings (SSSR count). The van der Waals surface area contributed by atoms with E-state index in [0.717, 1.165) is 15.1 Å². The Morgan fingerprint density at radius 3 is 2.61 bits per heavy atom. The zero-order chi connectivity index (χ0) is 21.7. The van der Waals surface area contributed by atoms with Crippen molar-refractivity contribution in [2.24, 2.45) is 0 Å². The lowest BCUT2D eigenvalue weighted by Gasteiger charge is -2.17. The number of imide groups is 1. The third kappa shape index (κ3) is 2.97. The number of hydrogen-bond acceptors (Lipinski definition) is 6. The molecule has 31 heavy (non-hydrogen) atoms. The number of thiazole rings is 1. The van der Waals surface area contributed by atoms with Gasteiger partial charge in [0.2, 0.25) is 16.9 Å². The number of fused-ring (bicyclic) bond motifs is 1. The molecular weight excluding hydrogens is 416 g/mol. The first-order valence-corrected chi connectivity index (χ1v) is 10.5.